The van der Waals surface area contributed by atoms with Gasteiger partial charge in [-0.15, -0.1) is 0 Å². The van der Waals surface area contributed by atoms with E-state index in [2.05, 4.69) is 4.98 Å². The lowest BCUT2D eigenvalue weighted by atomic mass is 9.79. The molecule has 3 N–H and O–H groups in total. The number of aromatic amines is 1. The number of ether oxygens (including phenoxy) is 1. The van der Waals surface area contributed by atoms with E-state index in [1.165, 1.54) is 7.11 Å². The van der Waals surface area contributed by atoms with Crippen molar-refractivity contribution in [2.24, 2.45) is 0 Å². The summed E-state index contributed by atoms with van der Waals surface area (Å²) in [4.78, 5) is 3.28. The van der Waals surface area contributed by atoms with Crippen molar-refractivity contribution in [3.05, 3.63) is 36.4 Å². The molecule has 0 unspecified atom stereocenters. The molecule has 0 bridgehead atoms. The minimum Gasteiger partial charge on any atom is -0.497 e. The van der Waals surface area contributed by atoms with Gasteiger partial charge in [-0.1, -0.05) is 18.2 Å². The van der Waals surface area contributed by atoms with Gasteiger partial charge in [-0.25, -0.2) is 0 Å². The van der Waals surface area contributed by atoms with Crippen LogP contribution in [0.5, 0.6) is 5.75 Å². The van der Waals surface area contributed by atoms with Crippen LogP contribution in [0.3, 0.4) is 0 Å². The number of benzene rings is 2. The molecule has 4 nitrogen and oxygen atoms in total. The van der Waals surface area contributed by atoms with Gasteiger partial charge in [0.2, 0.25) is 0 Å². The average molecular weight is 241 g/mol. The van der Waals surface area contributed by atoms with E-state index in [0.717, 1.165) is 21.8 Å². The van der Waals surface area contributed by atoms with E-state index in [0.29, 0.717) is 11.2 Å². The Hall–Kier alpha value is -1.98. The summed E-state index contributed by atoms with van der Waals surface area (Å²) in [6.45, 7) is 0. The van der Waals surface area contributed by atoms with Gasteiger partial charge in [0.05, 0.1) is 12.6 Å². The van der Waals surface area contributed by atoms with Crippen LogP contribution in [0.25, 0.3) is 21.8 Å². The molecule has 2 aromatic carbocycles. The van der Waals surface area contributed by atoms with Crippen LogP contribution in [-0.4, -0.2) is 29.3 Å². The van der Waals surface area contributed by atoms with Crippen LogP contribution in [0.1, 0.15) is 0 Å². The van der Waals surface area contributed by atoms with Crippen LogP contribution < -0.4 is 10.2 Å². The Morgan fingerprint density at radius 3 is 2.56 bits per heavy atom. The van der Waals surface area contributed by atoms with Crippen molar-refractivity contribution in [3.63, 3.8) is 0 Å². The second-order valence-electron chi connectivity index (χ2n) is 4.18. The summed E-state index contributed by atoms with van der Waals surface area (Å²) in [5, 5.41) is 20.7. The highest BCUT2D eigenvalue weighted by Gasteiger charge is 2.19. The molecule has 1 aromatic heterocycles. The third-order valence-corrected chi connectivity index (χ3v) is 3.13. The first-order chi connectivity index (χ1) is 8.70. The van der Waals surface area contributed by atoms with Crippen LogP contribution in [0.4, 0.5) is 0 Å². The van der Waals surface area contributed by atoms with Crippen molar-refractivity contribution in [1.82, 2.24) is 4.98 Å². The van der Waals surface area contributed by atoms with E-state index in [4.69, 9.17) is 4.74 Å². The second kappa shape index (κ2) is 4.05. The molecule has 0 atom stereocenters. The smallest absolute Gasteiger partial charge is 0.492 e. The minimum absolute atomic E-state index is 0.370. The Bertz CT molecular complexity index is 721. The van der Waals surface area contributed by atoms with Crippen LogP contribution in [0.15, 0.2) is 36.4 Å². The highest BCUT2D eigenvalue weighted by Crippen LogP contribution is 2.27. The standard InChI is InChI=1S/C13H12BNO3/c1-18-13-7-12-9(6-10(13)14(16)17)8-4-2-3-5-11(8)15-12/h2-7,15-17H,1H3. The number of para-hydroxylation sites is 1. The van der Waals surface area contributed by atoms with Crippen LogP contribution in [0, 0.1) is 0 Å². The van der Waals surface area contributed by atoms with Crippen LogP contribution in [-0.2, 0) is 0 Å². The minimum atomic E-state index is -1.54. The fourth-order valence-electron chi connectivity index (χ4n) is 2.27. The van der Waals surface area contributed by atoms with Gasteiger partial charge in [-0.2, -0.15) is 0 Å². The number of rotatable bonds is 2. The summed E-state index contributed by atoms with van der Waals surface area (Å²) in [6, 6.07) is 11.4. The normalized spacial score (nSPS) is 11.1. The zero-order valence-corrected chi connectivity index (χ0v) is 9.84. The van der Waals surface area contributed by atoms with Gasteiger partial charge < -0.3 is 19.8 Å². The summed E-state index contributed by atoms with van der Waals surface area (Å²) in [5.41, 5.74) is 2.30. The fourth-order valence-corrected chi connectivity index (χ4v) is 2.27. The van der Waals surface area contributed by atoms with Crippen molar-refractivity contribution in [3.8, 4) is 5.75 Å². The van der Waals surface area contributed by atoms with Crippen LogP contribution in [0.2, 0.25) is 0 Å². The van der Waals surface area contributed by atoms with Gasteiger partial charge in [0, 0.05) is 27.8 Å². The molecule has 0 saturated heterocycles. The second-order valence-corrected chi connectivity index (χ2v) is 4.18. The predicted octanol–water partition coefficient (Wildman–Crippen LogP) is 1.01. The Balaban J connectivity index is 2.40. The molecule has 90 valence electrons. The van der Waals surface area contributed by atoms with E-state index in [-0.39, 0.29) is 0 Å². The van der Waals surface area contributed by atoms with Crippen molar-refractivity contribution in [2.45, 2.75) is 0 Å². The molecule has 0 amide bonds. The van der Waals surface area contributed by atoms with Gasteiger partial charge >= 0.3 is 7.12 Å². The molecule has 0 aliphatic rings. The first-order valence-corrected chi connectivity index (χ1v) is 5.65. The molecule has 0 saturated carbocycles. The van der Waals surface area contributed by atoms with E-state index >= 15 is 0 Å². The molecule has 3 rings (SSSR count). The third-order valence-electron chi connectivity index (χ3n) is 3.13. The molecule has 0 spiro atoms. The molecular weight excluding hydrogens is 229 g/mol. The number of fused-ring (bicyclic) bond motifs is 3. The van der Waals surface area contributed by atoms with E-state index < -0.39 is 7.12 Å². The van der Waals surface area contributed by atoms with Crippen molar-refractivity contribution >= 4 is 34.4 Å². The van der Waals surface area contributed by atoms with Gasteiger partial charge in [-0.05, 0) is 12.1 Å². The van der Waals surface area contributed by atoms with Gasteiger partial charge in [0.1, 0.15) is 5.75 Å². The monoisotopic (exact) mass is 241 g/mol. The molecule has 3 aromatic rings. The fraction of sp³-hybridized carbons (Fsp3) is 0.0769. The average Bonchev–Trinajstić information content (AvgIpc) is 2.74. The van der Waals surface area contributed by atoms with E-state index in [1.807, 2.05) is 24.3 Å². The zero-order valence-electron chi connectivity index (χ0n) is 9.84. The van der Waals surface area contributed by atoms with Crippen molar-refractivity contribution < 1.29 is 14.8 Å². The number of nitrogens with one attached hydrogen (secondary N) is 1. The molecule has 18 heavy (non-hydrogen) atoms. The lowest BCUT2D eigenvalue weighted by molar-refractivity contribution is 0.403. The summed E-state index contributed by atoms with van der Waals surface area (Å²) < 4.78 is 5.17. The van der Waals surface area contributed by atoms with Gasteiger partial charge in [0.25, 0.3) is 0 Å². The Morgan fingerprint density at radius 2 is 1.83 bits per heavy atom. The van der Waals surface area contributed by atoms with Gasteiger partial charge in [-0.3, -0.25) is 0 Å². The first kappa shape index (κ1) is 11.1. The maximum absolute atomic E-state index is 9.37. The molecule has 0 radical (unpaired) electrons. The number of hydrogen-bond donors (Lipinski definition) is 3. The highest BCUT2D eigenvalue weighted by atomic mass is 16.5. The van der Waals surface area contributed by atoms with Crippen molar-refractivity contribution in [1.29, 1.82) is 0 Å². The SMILES string of the molecule is COc1cc2[nH]c3ccccc3c2cc1B(O)O. The molecule has 1 heterocycles. The van der Waals surface area contributed by atoms with Gasteiger partial charge in [0.15, 0.2) is 0 Å². The lowest BCUT2D eigenvalue weighted by Crippen LogP contribution is -2.31. The van der Waals surface area contributed by atoms with Crippen LogP contribution >= 0.6 is 0 Å². The molecule has 0 fully saturated rings. The molecule has 0 aliphatic carbocycles. The maximum atomic E-state index is 9.37. The van der Waals surface area contributed by atoms with E-state index in [1.54, 1.807) is 12.1 Å². The first-order valence-electron chi connectivity index (χ1n) is 5.65. The third kappa shape index (κ3) is 1.56. The Morgan fingerprint density at radius 1 is 1.06 bits per heavy atom. The summed E-state index contributed by atoms with van der Waals surface area (Å²) >= 11 is 0. The Kier molecular flexibility index (Phi) is 2.50. The summed E-state index contributed by atoms with van der Waals surface area (Å²) in [6.07, 6.45) is 0. The maximum Gasteiger partial charge on any atom is 0.492 e. The molecule has 5 heteroatoms. The predicted molar refractivity (Wildman–Crippen MR) is 72.2 cm³/mol. The number of methoxy groups -OCH3 is 1. The lowest BCUT2D eigenvalue weighted by Gasteiger charge is -2.07. The zero-order chi connectivity index (χ0) is 12.7. The Labute approximate surface area is 104 Å². The quantitative estimate of drug-likeness (QED) is 0.586. The summed E-state index contributed by atoms with van der Waals surface area (Å²) in [5.74, 6) is 0.462. The number of hydrogen-bond acceptors (Lipinski definition) is 3. The number of H-pyrrole nitrogens is 1. The van der Waals surface area contributed by atoms with Crippen molar-refractivity contribution in [2.75, 3.05) is 7.11 Å². The highest BCUT2D eigenvalue weighted by molar-refractivity contribution is 6.60. The van der Waals surface area contributed by atoms with E-state index in [9.17, 15) is 10.0 Å². The largest absolute Gasteiger partial charge is 0.497 e. The topological polar surface area (TPSA) is 65.5 Å². The molecule has 0 aliphatic heterocycles. The summed E-state index contributed by atoms with van der Waals surface area (Å²) in [7, 11) is -0.0339. The molecular formula is C13H12BNO3. The number of aromatic nitrogens is 1.